The van der Waals surface area contributed by atoms with Crippen LogP contribution in [0.3, 0.4) is 0 Å². The SMILES string of the molecule is CC(=O)CCC1(C)OC(c2ccc(C)cc2)=Nc2ccccc21. The fourth-order valence-corrected chi connectivity index (χ4v) is 2.84. The van der Waals surface area contributed by atoms with Crippen molar-refractivity contribution in [3.05, 3.63) is 65.2 Å². The van der Waals surface area contributed by atoms with Crippen LogP contribution in [-0.2, 0) is 15.1 Å². The Morgan fingerprint density at radius 3 is 2.52 bits per heavy atom. The number of nitrogens with zero attached hydrogens (tertiary/aromatic N) is 1. The van der Waals surface area contributed by atoms with Crippen LogP contribution in [-0.4, -0.2) is 11.7 Å². The summed E-state index contributed by atoms with van der Waals surface area (Å²) >= 11 is 0. The summed E-state index contributed by atoms with van der Waals surface area (Å²) in [5, 5.41) is 0. The number of ketones is 1. The summed E-state index contributed by atoms with van der Waals surface area (Å²) < 4.78 is 6.27. The molecule has 0 amide bonds. The first kappa shape index (κ1) is 15.5. The second-order valence-corrected chi connectivity index (χ2v) is 6.34. The van der Waals surface area contributed by atoms with Crippen molar-refractivity contribution in [1.29, 1.82) is 0 Å². The molecule has 118 valence electrons. The fraction of sp³-hybridized carbons (Fsp3) is 0.300. The maximum absolute atomic E-state index is 11.4. The highest BCUT2D eigenvalue weighted by Gasteiger charge is 2.36. The van der Waals surface area contributed by atoms with Gasteiger partial charge in [-0.3, -0.25) is 0 Å². The highest BCUT2D eigenvalue weighted by molar-refractivity contribution is 5.97. The van der Waals surface area contributed by atoms with Gasteiger partial charge < -0.3 is 9.53 Å². The van der Waals surface area contributed by atoms with Crippen LogP contribution in [0, 0.1) is 6.92 Å². The summed E-state index contributed by atoms with van der Waals surface area (Å²) in [6.45, 7) is 5.71. The molecule has 0 spiro atoms. The highest BCUT2D eigenvalue weighted by Crippen LogP contribution is 2.41. The molecule has 3 heteroatoms. The van der Waals surface area contributed by atoms with Crippen molar-refractivity contribution in [1.82, 2.24) is 0 Å². The number of fused-ring (bicyclic) bond motifs is 1. The first-order valence-electron chi connectivity index (χ1n) is 7.92. The van der Waals surface area contributed by atoms with Gasteiger partial charge in [0.15, 0.2) is 0 Å². The van der Waals surface area contributed by atoms with Crippen molar-refractivity contribution in [3.8, 4) is 0 Å². The Hall–Kier alpha value is -2.42. The number of carbonyl (C=O) groups is 1. The van der Waals surface area contributed by atoms with Crippen LogP contribution in [0.4, 0.5) is 5.69 Å². The normalized spacial score (nSPS) is 19.5. The number of Topliss-reactive ketones (excluding diaryl/α,β-unsaturated/α-hetero) is 1. The van der Waals surface area contributed by atoms with E-state index in [0.29, 0.717) is 18.7 Å². The minimum atomic E-state index is -0.537. The maximum Gasteiger partial charge on any atom is 0.222 e. The number of hydrogen-bond acceptors (Lipinski definition) is 3. The topological polar surface area (TPSA) is 38.7 Å². The third-order valence-electron chi connectivity index (χ3n) is 4.27. The standard InChI is InChI=1S/C20H21NO2/c1-14-8-10-16(11-9-14)19-21-18-7-5-4-6-17(18)20(3,23-19)13-12-15(2)22/h4-11H,12-13H2,1-3H3. The third kappa shape index (κ3) is 3.19. The molecule has 0 aliphatic carbocycles. The quantitative estimate of drug-likeness (QED) is 0.822. The average Bonchev–Trinajstić information content (AvgIpc) is 2.54. The lowest BCUT2D eigenvalue weighted by Crippen LogP contribution is -2.33. The van der Waals surface area contributed by atoms with Crippen molar-refractivity contribution >= 4 is 17.4 Å². The Morgan fingerprint density at radius 1 is 1.13 bits per heavy atom. The van der Waals surface area contributed by atoms with E-state index in [4.69, 9.17) is 4.74 Å². The van der Waals surface area contributed by atoms with Crippen molar-refractivity contribution in [2.75, 3.05) is 0 Å². The van der Waals surface area contributed by atoms with Gasteiger partial charge in [-0.2, -0.15) is 0 Å². The van der Waals surface area contributed by atoms with Crippen molar-refractivity contribution in [3.63, 3.8) is 0 Å². The minimum Gasteiger partial charge on any atom is -0.466 e. The number of para-hydroxylation sites is 1. The maximum atomic E-state index is 11.4. The number of benzene rings is 2. The summed E-state index contributed by atoms with van der Waals surface area (Å²) in [6.07, 6.45) is 1.14. The van der Waals surface area contributed by atoms with Crippen LogP contribution in [0.2, 0.25) is 0 Å². The molecule has 0 saturated heterocycles. The molecule has 1 atom stereocenters. The summed E-state index contributed by atoms with van der Waals surface area (Å²) in [6, 6.07) is 16.1. The van der Waals surface area contributed by atoms with E-state index in [1.165, 1.54) is 5.56 Å². The third-order valence-corrected chi connectivity index (χ3v) is 4.27. The van der Waals surface area contributed by atoms with Gasteiger partial charge in [-0.1, -0.05) is 35.9 Å². The van der Waals surface area contributed by atoms with E-state index in [-0.39, 0.29) is 5.78 Å². The van der Waals surface area contributed by atoms with Crippen LogP contribution in [0.25, 0.3) is 0 Å². The second kappa shape index (κ2) is 5.99. The molecule has 0 N–H and O–H groups in total. The van der Waals surface area contributed by atoms with E-state index in [2.05, 4.69) is 24.0 Å². The summed E-state index contributed by atoms with van der Waals surface area (Å²) in [7, 11) is 0. The van der Waals surface area contributed by atoms with Crippen molar-refractivity contribution in [2.45, 2.75) is 39.2 Å². The van der Waals surface area contributed by atoms with E-state index in [9.17, 15) is 4.79 Å². The van der Waals surface area contributed by atoms with Crippen LogP contribution >= 0.6 is 0 Å². The second-order valence-electron chi connectivity index (χ2n) is 6.34. The first-order valence-corrected chi connectivity index (χ1v) is 7.92. The molecule has 0 bridgehead atoms. The Kier molecular flexibility index (Phi) is 4.03. The number of carbonyl (C=O) groups excluding carboxylic acids is 1. The van der Waals surface area contributed by atoms with Gasteiger partial charge in [-0.25, -0.2) is 4.99 Å². The van der Waals surface area contributed by atoms with Gasteiger partial charge in [0.2, 0.25) is 5.90 Å². The Morgan fingerprint density at radius 2 is 1.83 bits per heavy atom. The lowest BCUT2D eigenvalue weighted by atomic mass is 9.87. The Labute approximate surface area is 137 Å². The van der Waals surface area contributed by atoms with Crippen LogP contribution in [0.5, 0.6) is 0 Å². The molecule has 1 aliphatic heterocycles. The van der Waals surface area contributed by atoms with Gasteiger partial charge >= 0.3 is 0 Å². The van der Waals surface area contributed by atoms with E-state index >= 15 is 0 Å². The predicted octanol–water partition coefficient (Wildman–Crippen LogP) is 4.69. The van der Waals surface area contributed by atoms with E-state index in [1.54, 1.807) is 6.92 Å². The number of rotatable bonds is 4. The molecule has 1 heterocycles. The van der Waals surface area contributed by atoms with Crippen molar-refractivity contribution < 1.29 is 9.53 Å². The van der Waals surface area contributed by atoms with Gasteiger partial charge in [-0.15, -0.1) is 0 Å². The Bertz CT molecular complexity index is 761. The van der Waals surface area contributed by atoms with Gasteiger partial charge in [0.1, 0.15) is 11.4 Å². The largest absolute Gasteiger partial charge is 0.466 e. The lowest BCUT2D eigenvalue weighted by Gasteiger charge is -2.35. The molecule has 0 aromatic heterocycles. The number of aliphatic imine (C=N–C) groups is 1. The number of ether oxygens (including phenoxy) is 1. The van der Waals surface area contributed by atoms with E-state index in [1.807, 2.05) is 43.3 Å². The molecule has 2 aromatic carbocycles. The number of hydrogen-bond donors (Lipinski definition) is 0. The van der Waals surface area contributed by atoms with Gasteiger partial charge in [0.05, 0.1) is 5.69 Å². The minimum absolute atomic E-state index is 0.173. The summed E-state index contributed by atoms with van der Waals surface area (Å²) in [5.74, 6) is 0.793. The Balaban J connectivity index is 2.02. The molecule has 23 heavy (non-hydrogen) atoms. The fourth-order valence-electron chi connectivity index (χ4n) is 2.84. The molecule has 3 rings (SSSR count). The highest BCUT2D eigenvalue weighted by atomic mass is 16.5. The van der Waals surface area contributed by atoms with Gasteiger partial charge in [0.25, 0.3) is 0 Å². The average molecular weight is 307 g/mol. The molecular weight excluding hydrogens is 286 g/mol. The van der Waals surface area contributed by atoms with Crippen molar-refractivity contribution in [2.24, 2.45) is 4.99 Å². The predicted molar refractivity (Wildman–Crippen MR) is 92.2 cm³/mol. The molecular formula is C20H21NO2. The van der Waals surface area contributed by atoms with Crippen LogP contribution in [0.15, 0.2) is 53.5 Å². The molecule has 1 aliphatic rings. The zero-order valence-electron chi connectivity index (χ0n) is 13.8. The van der Waals surface area contributed by atoms with Gasteiger partial charge in [-0.05, 0) is 45.4 Å². The molecule has 0 radical (unpaired) electrons. The summed E-state index contributed by atoms with van der Waals surface area (Å²) in [5.41, 5.74) is 3.58. The number of aryl methyl sites for hydroxylation is 1. The van der Waals surface area contributed by atoms with Crippen LogP contribution in [0.1, 0.15) is 43.4 Å². The zero-order valence-corrected chi connectivity index (χ0v) is 13.8. The van der Waals surface area contributed by atoms with E-state index in [0.717, 1.165) is 16.8 Å². The molecule has 0 saturated carbocycles. The molecule has 3 nitrogen and oxygen atoms in total. The summed E-state index contributed by atoms with van der Waals surface area (Å²) in [4.78, 5) is 16.1. The molecule has 0 fully saturated rings. The molecule has 2 aromatic rings. The van der Waals surface area contributed by atoms with Crippen LogP contribution < -0.4 is 0 Å². The zero-order chi connectivity index (χ0) is 16.4. The molecule has 1 unspecified atom stereocenters. The monoisotopic (exact) mass is 307 g/mol. The first-order chi connectivity index (χ1) is 11.0. The van der Waals surface area contributed by atoms with E-state index < -0.39 is 5.60 Å². The van der Waals surface area contributed by atoms with Gasteiger partial charge in [0, 0.05) is 17.5 Å². The smallest absolute Gasteiger partial charge is 0.222 e. The lowest BCUT2D eigenvalue weighted by molar-refractivity contribution is -0.118.